The van der Waals surface area contributed by atoms with Gasteiger partial charge in [-0.25, -0.2) is 9.78 Å². The first-order valence-electron chi connectivity index (χ1n) is 9.91. The van der Waals surface area contributed by atoms with Gasteiger partial charge in [0, 0.05) is 30.0 Å². The number of hydrogen-bond donors (Lipinski definition) is 1. The molecule has 0 saturated carbocycles. The number of carbonyl (C=O) groups is 2. The number of aromatic amines is 1. The van der Waals surface area contributed by atoms with Crippen molar-refractivity contribution in [1.82, 2.24) is 19.9 Å². The number of aromatic nitrogens is 3. The summed E-state index contributed by atoms with van der Waals surface area (Å²) in [7, 11) is 0. The summed E-state index contributed by atoms with van der Waals surface area (Å²) in [5.74, 6) is 0.0245. The van der Waals surface area contributed by atoms with E-state index < -0.39 is 5.97 Å². The molecule has 3 aromatic rings. The number of rotatable bonds is 4. The lowest BCUT2D eigenvalue weighted by Crippen LogP contribution is -2.49. The summed E-state index contributed by atoms with van der Waals surface area (Å²) in [5, 5.41) is 0. The van der Waals surface area contributed by atoms with E-state index in [1.165, 1.54) is 0 Å². The summed E-state index contributed by atoms with van der Waals surface area (Å²) in [6.07, 6.45) is 6.52. The fraction of sp³-hybridized carbons (Fsp3) is 0.364. The second kappa shape index (κ2) is 8.03. The van der Waals surface area contributed by atoms with Crippen LogP contribution in [0.1, 0.15) is 43.5 Å². The number of amides is 1. The third-order valence-corrected chi connectivity index (χ3v) is 5.46. The quantitative estimate of drug-likeness (QED) is 0.686. The molecule has 1 saturated heterocycles. The number of imidazole rings is 1. The number of esters is 1. The Labute approximate surface area is 169 Å². The minimum absolute atomic E-state index is 0.139. The van der Waals surface area contributed by atoms with Crippen molar-refractivity contribution < 1.29 is 14.3 Å². The first-order chi connectivity index (χ1) is 14.0. The van der Waals surface area contributed by atoms with E-state index in [9.17, 15) is 9.59 Å². The average molecular weight is 392 g/mol. The van der Waals surface area contributed by atoms with Crippen molar-refractivity contribution >= 4 is 22.9 Å². The minimum Gasteiger partial charge on any atom is -0.452 e. The summed E-state index contributed by atoms with van der Waals surface area (Å²) < 4.78 is 5.31. The third-order valence-electron chi connectivity index (χ3n) is 5.46. The van der Waals surface area contributed by atoms with E-state index in [2.05, 4.69) is 15.0 Å². The van der Waals surface area contributed by atoms with Crippen LogP contribution < -0.4 is 0 Å². The molecule has 0 unspecified atom stereocenters. The van der Waals surface area contributed by atoms with Crippen LogP contribution in [0.3, 0.4) is 0 Å². The van der Waals surface area contributed by atoms with Crippen LogP contribution in [0.25, 0.3) is 22.4 Å². The number of likely N-dealkylation sites (tertiary alicyclic amines) is 1. The van der Waals surface area contributed by atoms with Crippen LogP contribution in [0.2, 0.25) is 0 Å². The van der Waals surface area contributed by atoms with Gasteiger partial charge >= 0.3 is 5.97 Å². The second-order valence-electron chi connectivity index (χ2n) is 7.57. The summed E-state index contributed by atoms with van der Waals surface area (Å²) in [4.78, 5) is 38.7. The van der Waals surface area contributed by atoms with Gasteiger partial charge in [-0.05, 0) is 63.4 Å². The fourth-order valence-corrected chi connectivity index (χ4v) is 3.97. The highest BCUT2D eigenvalue weighted by atomic mass is 16.5. The minimum atomic E-state index is -0.518. The van der Waals surface area contributed by atoms with Gasteiger partial charge in [0.2, 0.25) is 0 Å². The highest BCUT2D eigenvalue weighted by Gasteiger charge is 2.29. The molecule has 1 N–H and O–H groups in total. The monoisotopic (exact) mass is 392 g/mol. The van der Waals surface area contributed by atoms with Gasteiger partial charge in [0.1, 0.15) is 5.82 Å². The van der Waals surface area contributed by atoms with Crippen molar-refractivity contribution in [3.05, 3.63) is 48.3 Å². The van der Waals surface area contributed by atoms with E-state index in [-0.39, 0.29) is 24.6 Å². The van der Waals surface area contributed by atoms with Gasteiger partial charge in [0.15, 0.2) is 6.61 Å². The fourth-order valence-electron chi connectivity index (χ4n) is 3.97. The molecule has 0 bridgehead atoms. The number of carbonyl (C=O) groups excluding carboxylic acids is 2. The standard InChI is InChI=1S/C22H24N4O3/c1-14-5-3-6-15(2)26(14)20(27)13-29-22(28)16-8-9-18-19(11-16)25-21(24-18)17-7-4-10-23-12-17/h4,7-12,14-15H,3,5-6,13H2,1-2H3,(H,24,25)/t14-,15-/m1/s1. The number of fused-ring (bicyclic) bond motifs is 1. The molecule has 3 heterocycles. The third kappa shape index (κ3) is 3.99. The van der Waals surface area contributed by atoms with Crippen molar-refractivity contribution in [3.8, 4) is 11.4 Å². The van der Waals surface area contributed by atoms with Gasteiger partial charge in [-0.3, -0.25) is 9.78 Å². The maximum Gasteiger partial charge on any atom is 0.338 e. The van der Waals surface area contributed by atoms with Crippen LogP contribution in [0.4, 0.5) is 0 Å². The van der Waals surface area contributed by atoms with Gasteiger partial charge in [-0.2, -0.15) is 0 Å². The topological polar surface area (TPSA) is 88.2 Å². The maximum absolute atomic E-state index is 12.6. The number of H-pyrrole nitrogens is 1. The summed E-state index contributed by atoms with van der Waals surface area (Å²) in [5.41, 5.74) is 2.71. The molecule has 1 aliphatic heterocycles. The van der Waals surface area contributed by atoms with Gasteiger partial charge in [0.05, 0.1) is 16.6 Å². The largest absolute Gasteiger partial charge is 0.452 e. The molecular weight excluding hydrogens is 368 g/mol. The van der Waals surface area contributed by atoms with Crippen molar-refractivity contribution in [2.75, 3.05) is 6.61 Å². The highest BCUT2D eigenvalue weighted by molar-refractivity contribution is 5.95. The van der Waals surface area contributed by atoms with E-state index in [4.69, 9.17) is 4.74 Å². The SMILES string of the molecule is C[C@@H]1CCC[C@@H](C)N1C(=O)COC(=O)c1ccc2nc(-c3cccnc3)[nH]c2c1. The Balaban J connectivity index is 1.45. The number of pyridine rings is 1. The Hall–Kier alpha value is -3.22. The molecule has 1 amide bonds. The number of ether oxygens (including phenoxy) is 1. The molecule has 4 rings (SSSR count). The molecule has 2 aromatic heterocycles. The summed E-state index contributed by atoms with van der Waals surface area (Å²) >= 11 is 0. The molecule has 0 radical (unpaired) electrons. The molecule has 7 heteroatoms. The van der Waals surface area contributed by atoms with E-state index >= 15 is 0 Å². The number of benzene rings is 1. The average Bonchev–Trinajstić information content (AvgIpc) is 3.16. The zero-order valence-corrected chi connectivity index (χ0v) is 16.6. The Morgan fingerprint density at radius 3 is 2.72 bits per heavy atom. The molecule has 150 valence electrons. The van der Waals surface area contributed by atoms with E-state index in [1.807, 2.05) is 30.9 Å². The molecule has 0 aliphatic carbocycles. The Kier molecular flexibility index (Phi) is 5.29. The van der Waals surface area contributed by atoms with Crippen LogP contribution in [0.15, 0.2) is 42.7 Å². The maximum atomic E-state index is 12.6. The van der Waals surface area contributed by atoms with E-state index in [0.717, 1.165) is 35.9 Å². The van der Waals surface area contributed by atoms with Crippen LogP contribution in [0, 0.1) is 0 Å². The van der Waals surface area contributed by atoms with Gasteiger partial charge in [0.25, 0.3) is 5.91 Å². The lowest BCUT2D eigenvalue weighted by molar-refractivity contribution is -0.140. The highest BCUT2D eigenvalue weighted by Crippen LogP contribution is 2.23. The number of nitrogens with zero attached hydrogens (tertiary/aromatic N) is 3. The van der Waals surface area contributed by atoms with Crippen LogP contribution in [-0.2, 0) is 9.53 Å². The molecular formula is C22H24N4O3. The van der Waals surface area contributed by atoms with Crippen LogP contribution in [0.5, 0.6) is 0 Å². The van der Waals surface area contributed by atoms with Crippen molar-refractivity contribution in [2.24, 2.45) is 0 Å². The van der Waals surface area contributed by atoms with Crippen molar-refractivity contribution in [3.63, 3.8) is 0 Å². The van der Waals surface area contributed by atoms with Crippen molar-refractivity contribution in [2.45, 2.75) is 45.2 Å². The molecule has 2 atom stereocenters. The Morgan fingerprint density at radius 2 is 2.00 bits per heavy atom. The first-order valence-corrected chi connectivity index (χ1v) is 9.91. The smallest absolute Gasteiger partial charge is 0.338 e. The van der Waals surface area contributed by atoms with Crippen molar-refractivity contribution in [1.29, 1.82) is 0 Å². The van der Waals surface area contributed by atoms with Gasteiger partial charge in [-0.1, -0.05) is 0 Å². The molecule has 1 fully saturated rings. The Morgan fingerprint density at radius 1 is 1.21 bits per heavy atom. The zero-order chi connectivity index (χ0) is 20.4. The number of hydrogen-bond acceptors (Lipinski definition) is 5. The summed E-state index contributed by atoms with van der Waals surface area (Å²) in [6.45, 7) is 3.85. The van der Waals surface area contributed by atoms with Crippen LogP contribution in [-0.4, -0.2) is 50.4 Å². The lowest BCUT2D eigenvalue weighted by Gasteiger charge is -2.38. The van der Waals surface area contributed by atoms with Gasteiger partial charge in [-0.15, -0.1) is 0 Å². The van der Waals surface area contributed by atoms with Gasteiger partial charge < -0.3 is 14.6 Å². The number of nitrogens with one attached hydrogen (secondary N) is 1. The predicted molar refractivity (Wildman–Crippen MR) is 109 cm³/mol. The van der Waals surface area contributed by atoms with Crippen LogP contribution >= 0.6 is 0 Å². The van der Waals surface area contributed by atoms with E-state index in [1.54, 1.807) is 30.6 Å². The summed E-state index contributed by atoms with van der Waals surface area (Å²) in [6, 6.07) is 9.23. The molecule has 1 aliphatic rings. The Bertz CT molecular complexity index is 1020. The second-order valence-corrected chi connectivity index (χ2v) is 7.57. The predicted octanol–water partition coefficient (Wildman–Crippen LogP) is 3.57. The lowest BCUT2D eigenvalue weighted by atomic mass is 9.97. The molecule has 1 aromatic carbocycles. The molecule has 29 heavy (non-hydrogen) atoms. The molecule has 0 spiro atoms. The number of piperidine rings is 1. The van der Waals surface area contributed by atoms with E-state index in [0.29, 0.717) is 11.4 Å². The zero-order valence-electron chi connectivity index (χ0n) is 16.6. The molecule has 7 nitrogen and oxygen atoms in total. The normalized spacial score (nSPS) is 19.3. The first kappa shape index (κ1) is 19.1.